The average Bonchev–Trinajstić information content (AvgIpc) is 2.40. The van der Waals surface area contributed by atoms with Gasteiger partial charge >= 0.3 is 0 Å². The van der Waals surface area contributed by atoms with Crippen LogP contribution < -0.4 is 0 Å². The maximum Gasteiger partial charge on any atom is 0.0724 e. The van der Waals surface area contributed by atoms with E-state index in [9.17, 15) is 0 Å². The monoisotopic (exact) mass is 245 g/mol. The number of benzene rings is 1. The van der Waals surface area contributed by atoms with Crippen molar-refractivity contribution >= 4 is 28.1 Å². The molecule has 0 aliphatic carbocycles. The molecular formula is C14H12ClNO. The molecule has 1 aromatic heterocycles. The zero-order valence-corrected chi connectivity index (χ0v) is 10.1. The summed E-state index contributed by atoms with van der Waals surface area (Å²) in [5.74, 6) is 0. The largest absolute Gasteiger partial charge is 0.377 e. The number of fused-ring (bicyclic) bond motifs is 1. The predicted octanol–water partition coefficient (Wildman–Crippen LogP) is 3.69. The van der Waals surface area contributed by atoms with E-state index in [1.165, 1.54) is 5.57 Å². The van der Waals surface area contributed by atoms with Crippen LogP contribution in [0.15, 0.2) is 36.4 Å². The number of pyridine rings is 1. The molecule has 3 rings (SSSR count). The molecule has 86 valence electrons. The van der Waals surface area contributed by atoms with Gasteiger partial charge in [0.1, 0.15) is 0 Å². The number of hydrogen-bond acceptors (Lipinski definition) is 2. The van der Waals surface area contributed by atoms with E-state index in [2.05, 4.69) is 11.1 Å². The summed E-state index contributed by atoms with van der Waals surface area (Å²) < 4.78 is 5.30. The highest BCUT2D eigenvalue weighted by atomic mass is 35.5. The highest BCUT2D eigenvalue weighted by Crippen LogP contribution is 2.27. The Bertz CT molecular complexity index is 592. The van der Waals surface area contributed by atoms with E-state index in [1.54, 1.807) is 0 Å². The maximum atomic E-state index is 6.28. The van der Waals surface area contributed by atoms with Gasteiger partial charge < -0.3 is 4.74 Å². The second kappa shape index (κ2) is 4.47. The first-order valence-electron chi connectivity index (χ1n) is 5.67. The molecule has 0 atom stereocenters. The van der Waals surface area contributed by atoms with Crippen molar-refractivity contribution in [2.45, 2.75) is 6.42 Å². The minimum atomic E-state index is 0.668. The molecule has 0 spiro atoms. The molecule has 0 fully saturated rings. The van der Waals surface area contributed by atoms with E-state index in [1.807, 2.05) is 30.3 Å². The Morgan fingerprint density at radius 1 is 1.24 bits per heavy atom. The zero-order valence-electron chi connectivity index (χ0n) is 9.32. The maximum absolute atomic E-state index is 6.28. The van der Waals surface area contributed by atoms with E-state index in [0.29, 0.717) is 6.61 Å². The molecule has 1 aliphatic heterocycles. The fourth-order valence-corrected chi connectivity index (χ4v) is 2.32. The minimum Gasteiger partial charge on any atom is -0.377 e. The SMILES string of the molecule is Clc1cc(C2=CCOCC2)nc2ccccc12. The Kier molecular flexibility index (Phi) is 2.83. The van der Waals surface area contributed by atoms with Crippen molar-refractivity contribution in [1.82, 2.24) is 4.98 Å². The molecule has 2 aromatic rings. The van der Waals surface area contributed by atoms with Crippen LogP contribution in [0.25, 0.3) is 16.5 Å². The predicted molar refractivity (Wildman–Crippen MR) is 70.2 cm³/mol. The van der Waals surface area contributed by atoms with E-state index in [-0.39, 0.29) is 0 Å². The van der Waals surface area contributed by atoms with Crippen LogP contribution in [0.4, 0.5) is 0 Å². The van der Waals surface area contributed by atoms with Crippen molar-refractivity contribution in [1.29, 1.82) is 0 Å². The summed E-state index contributed by atoms with van der Waals surface area (Å²) >= 11 is 6.28. The Balaban J connectivity index is 2.15. The Morgan fingerprint density at radius 2 is 2.12 bits per heavy atom. The lowest BCUT2D eigenvalue weighted by molar-refractivity contribution is 0.161. The smallest absolute Gasteiger partial charge is 0.0724 e. The van der Waals surface area contributed by atoms with Gasteiger partial charge in [-0.2, -0.15) is 0 Å². The summed E-state index contributed by atoms with van der Waals surface area (Å²) in [6.07, 6.45) is 2.98. The lowest BCUT2D eigenvalue weighted by Gasteiger charge is -2.14. The van der Waals surface area contributed by atoms with Crippen LogP contribution in [-0.4, -0.2) is 18.2 Å². The molecule has 1 aromatic carbocycles. The molecule has 3 heteroatoms. The summed E-state index contributed by atoms with van der Waals surface area (Å²) in [4.78, 5) is 4.65. The molecule has 1 aliphatic rings. The third-order valence-electron chi connectivity index (χ3n) is 2.96. The number of aromatic nitrogens is 1. The van der Waals surface area contributed by atoms with Gasteiger partial charge in [0.15, 0.2) is 0 Å². The summed E-state index contributed by atoms with van der Waals surface area (Å²) in [6, 6.07) is 9.88. The molecule has 2 heterocycles. The van der Waals surface area contributed by atoms with Crippen LogP contribution in [0.2, 0.25) is 5.02 Å². The zero-order chi connectivity index (χ0) is 11.7. The highest BCUT2D eigenvalue weighted by molar-refractivity contribution is 6.35. The first kappa shape index (κ1) is 10.8. The Hall–Kier alpha value is -1.38. The number of ether oxygens (including phenoxy) is 1. The lowest BCUT2D eigenvalue weighted by Crippen LogP contribution is -2.04. The molecule has 0 saturated carbocycles. The topological polar surface area (TPSA) is 22.1 Å². The van der Waals surface area contributed by atoms with Gasteiger partial charge in [-0.3, -0.25) is 0 Å². The molecule has 2 nitrogen and oxygen atoms in total. The summed E-state index contributed by atoms with van der Waals surface area (Å²) in [6.45, 7) is 1.43. The van der Waals surface area contributed by atoms with Gasteiger partial charge in [-0.05, 0) is 24.1 Å². The van der Waals surface area contributed by atoms with E-state index < -0.39 is 0 Å². The molecule has 0 unspecified atom stereocenters. The Labute approximate surface area is 105 Å². The van der Waals surface area contributed by atoms with Crippen LogP contribution in [0.3, 0.4) is 0 Å². The quantitative estimate of drug-likeness (QED) is 0.765. The third-order valence-corrected chi connectivity index (χ3v) is 3.27. The molecular weight excluding hydrogens is 234 g/mol. The molecule has 17 heavy (non-hydrogen) atoms. The molecule has 0 saturated heterocycles. The van der Waals surface area contributed by atoms with Crippen molar-refractivity contribution in [2.75, 3.05) is 13.2 Å². The second-order valence-corrected chi connectivity index (χ2v) is 4.47. The van der Waals surface area contributed by atoms with Crippen LogP contribution in [0.1, 0.15) is 12.1 Å². The normalized spacial score (nSPS) is 15.9. The van der Waals surface area contributed by atoms with Crippen molar-refractivity contribution < 1.29 is 4.74 Å². The standard InChI is InChI=1S/C14H12ClNO/c15-12-9-14(10-5-7-17-8-6-10)16-13-4-2-1-3-11(12)13/h1-5,9H,6-8H2. The van der Waals surface area contributed by atoms with Crippen molar-refractivity contribution in [3.63, 3.8) is 0 Å². The lowest BCUT2D eigenvalue weighted by atomic mass is 10.1. The van der Waals surface area contributed by atoms with E-state index in [0.717, 1.165) is 34.6 Å². The molecule has 0 radical (unpaired) electrons. The number of hydrogen-bond donors (Lipinski definition) is 0. The van der Waals surface area contributed by atoms with Gasteiger partial charge in [-0.25, -0.2) is 4.98 Å². The van der Waals surface area contributed by atoms with Crippen molar-refractivity contribution in [2.24, 2.45) is 0 Å². The average molecular weight is 246 g/mol. The number of rotatable bonds is 1. The van der Waals surface area contributed by atoms with Gasteiger partial charge in [-0.15, -0.1) is 0 Å². The van der Waals surface area contributed by atoms with Crippen LogP contribution in [0, 0.1) is 0 Å². The fraction of sp³-hybridized carbons (Fsp3) is 0.214. The minimum absolute atomic E-state index is 0.668. The summed E-state index contributed by atoms with van der Waals surface area (Å²) in [5.41, 5.74) is 3.14. The summed E-state index contributed by atoms with van der Waals surface area (Å²) in [5, 5.41) is 1.77. The van der Waals surface area contributed by atoms with E-state index >= 15 is 0 Å². The van der Waals surface area contributed by atoms with Crippen LogP contribution in [-0.2, 0) is 4.74 Å². The van der Waals surface area contributed by atoms with Crippen LogP contribution in [0.5, 0.6) is 0 Å². The number of halogens is 1. The summed E-state index contributed by atoms with van der Waals surface area (Å²) in [7, 11) is 0. The molecule has 0 bridgehead atoms. The van der Waals surface area contributed by atoms with E-state index in [4.69, 9.17) is 16.3 Å². The number of nitrogens with zero attached hydrogens (tertiary/aromatic N) is 1. The van der Waals surface area contributed by atoms with Gasteiger partial charge in [0, 0.05) is 5.39 Å². The van der Waals surface area contributed by atoms with Crippen molar-refractivity contribution in [3.05, 3.63) is 47.1 Å². The first-order chi connectivity index (χ1) is 8.34. The third kappa shape index (κ3) is 2.06. The van der Waals surface area contributed by atoms with Crippen molar-refractivity contribution in [3.8, 4) is 0 Å². The van der Waals surface area contributed by atoms with Gasteiger partial charge in [-0.1, -0.05) is 35.9 Å². The highest BCUT2D eigenvalue weighted by Gasteiger charge is 2.10. The van der Waals surface area contributed by atoms with Gasteiger partial charge in [0.2, 0.25) is 0 Å². The molecule has 0 amide bonds. The first-order valence-corrected chi connectivity index (χ1v) is 6.05. The second-order valence-electron chi connectivity index (χ2n) is 4.06. The fourth-order valence-electron chi connectivity index (χ4n) is 2.06. The Morgan fingerprint density at radius 3 is 2.94 bits per heavy atom. The molecule has 0 N–H and O–H groups in total. The number of para-hydroxylation sites is 1. The van der Waals surface area contributed by atoms with Gasteiger partial charge in [0.05, 0.1) is 29.4 Å². The van der Waals surface area contributed by atoms with Gasteiger partial charge in [0.25, 0.3) is 0 Å². The van der Waals surface area contributed by atoms with Crippen LogP contribution >= 0.6 is 11.6 Å².